The first-order valence-corrected chi connectivity index (χ1v) is 11.1. The molecule has 0 unspecified atom stereocenters. The predicted molar refractivity (Wildman–Crippen MR) is 116 cm³/mol. The van der Waals surface area contributed by atoms with Gasteiger partial charge in [0.15, 0.2) is 5.96 Å². The third-order valence-corrected chi connectivity index (χ3v) is 5.49. The Balaban J connectivity index is 1.61. The number of piperidine rings is 1. The molecule has 0 bridgehead atoms. The van der Waals surface area contributed by atoms with Gasteiger partial charge in [0.25, 0.3) is 0 Å². The summed E-state index contributed by atoms with van der Waals surface area (Å²) in [5.41, 5.74) is -0.468. The fourth-order valence-electron chi connectivity index (χ4n) is 3.70. The number of aliphatic imine (C=N–C) groups is 1. The molecule has 9 nitrogen and oxygen atoms in total. The van der Waals surface area contributed by atoms with Crippen molar-refractivity contribution in [1.82, 2.24) is 29.9 Å². The molecule has 1 amide bonds. The molecule has 1 aromatic heterocycles. The van der Waals surface area contributed by atoms with E-state index in [2.05, 4.69) is 27.2 Å². The molecule has 9 heteroatoms. The summed E-state index contributed by atoms with van der Waals surface area (Å²) in [7, 11) is 1.88. The number of hydrogen-bond donors (Lipinski definition) is 1. The molecule has 1 saturated carbocycles. The molecule has 168 valence electrons. The van der Waals surface area contributed by atoms with Crippen molar-refractivity contribution >= 4 is 12.1 Å². The third-order valence-electron chi connectivity index (χ3n) is 5.49. The Morgan fingerprint density at radius 3 is 2.53 bits per heavy atom. The number of aromatic nitrogens is 3. The van der Waals surface area contributed by atoms with Crippen LogP contribution in [0.25, 0.3) is 0 Å². The molecule has 0 spiro atoms. The molecule has 1 N–H and O–H groups in total. The van der Waals surface area contributed by atoms with E-state index in [1.807, 2.05) is 32.7 Å². The van der Waals surface area contributed by atoms with Gasteiger partial charge in [0, 0.05) is 39.3 Å². The van der Waals surface area contributed by atoms with E-state index in [9.17, 15) is 4.79 Å². The van der Waals surface area contributed by atoms with E-state index in [-0.39, 0.29) is 12.1 Å². The predicted octanol–water partition coefficient (Wildman–Crippen LogP) is 2.39. The van der Waals surface area contributed by atoms with E-state index < -0.39 is 5.60 Å². The van der Waals surface area contributed by atoms with Gasteiger partial charge >= 0.3 is 6.09 Å². The second kappa shape index (κ2) is 9.66. The Morgan fingerprint density at radius 1 is 1.30 bits per heavy atom. The minimum atomic E-state index is -0.468. The van der Waals surface area contributed by atoms with Crippen LogP contribution in [0.15, 0.2) is 11.3 Å². The number of amides is 1. The summed E-state index contributed by atoms with van der Waals surface area (Å²) in [6.45, 7) is 11.7. The summed E-state index contributed by atoms with van der Waals surface area (Å²) in [6.07, 6.45) is 5.65. The lowest BCUT2D eigenvalue weighted by Crippen LogP contribution is -2.52. The molecule has 0 atom stereocenters. The molecule has 1 saturated heterocycles. The van der Waals surface area contributed by atoms with Gasteiger partial charge in [-0.2, -0.15) is 5.10 Å². The second-order valence-corrected chi connectivity index (χ2v) is 9.26. The average Bonchev–Trinajstić information content (AvgIpc) is 3.42. The van der Waals surface area contributed by atoms with E-state index in [1.165, 1.54) is 12.8 Å². The third kappa shape index (κ3) is 6.34. The number of carbonyl (C=O) groups excluding carboxylic acids is 1. The van der Waals surface area contributed by atoms with Gasteiger partial charge in [-0.05, 0) is 59.3 Å². The van der Waals surface area contributed by atoms with Gasteiger partial charge in [-0.25, -0.2) is 14.8 Å². The van der Waals surface area contributed by atoms with Crippen LogP contribution < -0.4 is 5.32 Å². The molecule has 1 aromatic rings. The summed E-state index contributed by atoms with van der Waals surface area (Å²) in [6, 6.07) is 0.221. The summed E-state index contributed by atoms with van der Waals surface area (Å²) in [5.74, 6) is 2.37. The Bertz CT molecular complexity index is 728. The van der Waals surface area contributed by atoms with Crippen LogP contribution in [0.2, 0.25) is 0 Å². The SMILES string of the molecule is CCNC(=NCc1ncnn1C)N1CCC(N(CC2CC2)C(=O)OC(C)(C)C)CC1. The van der Waals surface area contributed by atoms with Crippen molar-refractivity contribution in [2.75, 3.05) is 26.2 Å². The number of rotatable bonds is 6. The number of aryl methyl sites for hydroxylation is 1. The Morgan fingerprint density at radius 2 is 2.00 bits per heavy atom. The summed E-state index contributed by atoms with van der Waals surface area (Å²) >= 11 is 0. The maximum Gasteiger partial charge on any atom is 0.410 e. The highest BCUT2D eigenvalue weighted by molar-refractivity contribution is 5.80. The van der Waals surface area contributed by atoms with Crippen LogP contribution in [-0.4, -0.2) is 74.4 Å². The topological polar surface area (TPSA) is 87.9 Å². The van der Waals surface area contributed by atoms with Crippen LogP contribution in [0.5, 0.6) is 0 Å². The number of nitrogens with zero attached hydrogens (tertiary/aromatic N) is 6. The van der Waals surface area contributed by atoms with Gasteiger partial charge in [0.1, 0.15) is 24.3 Å². The molecule has 2 heterocycles. The van der Waals surface area contributed by atoms with Crippen molar-refractivity contribution < 1.29 is 9.53 Å². The first-order chi connectivity index (χ1) is 14.3. The number of likely N-dealkylation sites (tertiary alicyclic amines) is 1. The van der Waals surface area contributed by atoms with Crippen LogP contribution in [0.3, 0.4) is 0 Å². The molecule has 1 aliphatic heterocycles. The molecule has 0 radical (unpaired) electrons. The first kappa shape index (κ1) is 22.4. The monoisotopic (exact) mass is 419 g/mol. The number of ether oxygens (including phenoxy) is 1. The van der Waals surface area contributed by atoms with Crippen molar-refractivity contribution in [3.8, 4) is 0 Å². The van der Waals surface area contributed by atoms with E-state index in [1.54, 1.807) is 11.0 Å². The van der Waals surface area contributed by atoms with Crippen molar-refractivity contribution in [2.24, 2.45) is 18.0 Å². The summed E-state index contributed by atoms with van der Waals surface area (Å²) in [4.78, 5) is 26.1. The highest BCUT2D eigenvalue weighted by atomic mass is 16.6. The van der Waals surface area contributed by atoms with E-state index in [4.69, 9.17) is 9.73 Å². The second-order valence-electron chi connectivity index (χ2n) is 9.26. The Hall–Kier alpha value is -2.32. The van der Waals surface area contributed by atoms with Crippen LogP contribution in [0.1, 0.15) is 59.2 Å². The molecule has 3 rings (SSSR count). The lowest BCUT2D eigenvalue weighted by Gasteiger charge is -2.40. The van der Waals surface area contributed by atoms with Crippen LogP contribution in [-0.2, 0) is 18.3 Å². The van der Waals surface area contributed by atoms with E-state index in [0.29, 0.717) is 12.5 Å². The van der Waals surface area contributed by atoms with Crippen LogP contribution in [0, 0.1) is 5.92 Å². The van der Waals surface area contributed by atoms with Gasteiger partial charge in [-0.3, -0.25) is 4.68 Å². The van der Waals surface area contributed by atoms with Gasteiger partial charge in [0.05, 0.1) is 0 Å². The minimum absolute atomic E-state index is 0.171. The number of guanidine groups is 1. The maximum atomic E-state index is 12.8. The Kier molecular flexibility index (Phi) is 7.20. The zero-order chi connectivity index (χ0) is 21.7. The maximum absolute atomic E-state index is 12.8. The summed E-state index contributed by atoms with van der Waals surface area (Å²) < 4.78 is 7.45. The normalized spacial score (nSPS) is 18.4. The van der Waals surface area contributed by atoms with E-state index >= 15 is 0 Å². The fourth-order valence-corrected chi connectivity index (χ4v) is 3.70. The van der Waals surface area contributed by atoms with Crippen molar-refractivity contribution in [2.45, 2.75) is 71.6 Å². The average molecular weight is 420 g/mol. The Labute approximate surface area is 179 Å². The largest absolute Gasteiger partial charge is 0.444 e. The highest BCUT2D eigenvalue weighted by Crippen LogP contribution is 2.32. The van der Waals surface area contributed by atoms with Gasteiger partial charge in [0.2, 0.25) is 0 Å². The number of nitrogens with one attached hydrogen (secondary N) is 1. The van der Waals surface area contributed by atoms with Crippen molar-refractivity contribution in [3.63, 3.8) is 0 Å². The zero-order valence-electron chi connectivity index (χ0n) is 19.1. The standard InChI is InChI=1S/C21H37N7O2/c1-6-22-19(23-13-18-24-15-25-26(18)5)27-11-9-17(10-12-27)28(14-16-7-8-16)20(29)30-21(2,3)4/h15-17H,6-14H2,1-5H3,(H,22,23). The molecular formula is C21H37N7O2. The smallest absolute Gasteiger partial charge is 0.410 e. The number of carbonyl (C=O) groups is 1. The lowest BCUT2D eigenvalue weighted by molar-refractivity contribution is 0.00928. The fraction of sp³-hybridized carbons (Fsp3) is 0.810. The zero-order valence-corrected chi connectivity index (χ0v) is 19.1. The molecule has 1 aliphatic carbocycles. The number of hydrogen-bond acceptors (Lipinski definition) is 5. The molecule has 30 heavy (non-hydrogen) atoms. The lowest BCUT2D eigenvalue weighted by atomic mass is 10.0. The van der Waals surface area contributed by atoms with Gasteiger partial charge < -0.3 is 19.9 Å². The minimum Gasteiger partial charge on any atom is -0.444 e. The molecule has 2 aliphatic rings. The molecular weight excluding hydrogens is 382 g/mol. The van der Waals surface area contributed by atoms with Gasteiger partial charge in [-0.1, -0.05) is 0 Å². The molecule has 0 aromatic carbocycles. The highest BCUT2D eigenvalue weighted by Gasteiger charge is 2.35. The van der Waals surface area contributed by atoms with Gasteiger partial charge in [-0.15, -0.1) is 0 Å². The quantitative estimate of drug-likeness (QED) is 0.563. The van der Waals surface area contributed by atoms with Crippen LogP contribution in [0.4, 0.5) is 4.79 Å². The van der Waals surface area contributed by atoms with Crippen molar-refractivity contribution in [1.29, 1.82) is 0 Å². The van der Waals surface area contributed by atoms with Crippen molar-refractivity contribution in [3.05, 3.63) is 12.2 Å². The van der Waals surface area contributed by atoms with E-state index in [0.717, 1.165) is 50.8 Å². The first-order valence-electron chi connectivity index (χ1n) is 11.1. The summed E-state index contributed by atoms with van der Waals surface area (Å²) in [5, 5.41) is 7.49. The van der Waals surface area contributed by atoms with Crippen LogP contribution >= 0.6 is 0 Å². The molecule has 2 fully saturated rings.